The maximum atomic E-state index is 11.7. The van der Waals surface area contributed by atoms with Crippen LogP contribution in [0, 0.1) is 13.8 Å². The van der Waals surface area contributed by atoms with E-state index in [4.69, 9.17) is 16.3 Å². The van der Waals surface area contributed by atoms with Crippen molar-refractivity contribution in [2.75, 3.05) is 13.2 Å². The molecule has 1 heterocycles. The SMILES string of the molecule is Cc1nc(C)c(CCNC(=O)COc2ccc(Cl)cc2)s1. The number of ether oxygens (including phenoxy) is 1. The standard InChI is InChI=1S/C15H17ClN2O2S/c1-10-14(21-11(2)18-10)7-8-17-15(19)9-20-13-5-3-12(16)4-6-13/h3-6H,7-9H2,1-2H3,(H,17,19). The molecule has 2 aromatic rings. The lowest BCUT2D eigenvalue weighted by atomic mass is 10.3. The molecule has 1 aromatic carbocycles. The molecular formula is C15H17ClN2O2S. The number of halogens is 1. The fourth-order valence-corrected chi connectivity index (χ4v) is 2.91. The average molecular weight is 325 g/mol. The van der Waals surface area contributed by atoms with Gasteiger partial charge in [-0.1, -0.05) is 11.6 Å². The van der Waals surface area contributed by atoms with E-state index in [0.717, 1.165) is 17.1 Å². The number of aromatic nitrogens is 1. The minimum Gasteiger partial charge on any atom is -0.484 e. The van der Waals surface area contributed by atoms with Crippen LogP contribution in [0.15, 0.2) is 24.3 Å². The van der Waals surface area contributed by atoms with E-state index in [1.54, 1.807) is 35.6 Å². The van der Waals surface area contributed by atoms with E-state index in [1.165, 1.54) is 4.88 Å². The van der Waals surface area contributed by atoms with E-state index in [0.29, 0.717) is 17.3 Å². The van der Waals surface area contributed by atoms with Crippen LogP contribution in [-0.2, 0) is 11.2 Å². The minimum atomic E-state index is -0.135. The van der Waals surface area contributed by atoms with Crippen molar-refractivity contribution in [1.29, 1.82) is 0 Å². The average Bonchev–Trinajstić information content (AvgIpc) is 2.76. The van der Waals surface area contributed by atoms with Crippen molar-refractivity contribution in [3.63, 3.8) is 0 Å². The predicted molar refractivity (Wildman–Crippen MR) is 85.2 cm³/mol. The number of amides is 1. The molecule has 0 fully saturated rings. The summed E-state index contributed by atoms with van der Waals surface area (Å²) in [6.45, 7) is 4.57. The van der Waals surface area contributed by atoms with Gasteiger partial charge >= 0.3 is 0 Å². The molecule has 0 aliphatic carbocycles. The van der Waals surface area contributed by atoms with Crippen LogP contribution in [-0.4, -0.2) is 24.0 Å². The third-order valence-electron chi connectivity index (χ3n) is 2.86. The van der Waals surface area contributed by atoms with Gasteiger partial charge in [0, 0.05) is 22.9 Å². The summed E-state index contributed by atoms with van der Waals surface area (Å²) in [6, 6.07) is 6.92. The highest BCUT2D eigenvalue weighted by Gasteiger charge is 2.06. The van der Waals surface area contributed by atoms with Gasteiger partial charge in [-0.2, -0.15) is 0 Å². The molecule has 4 nitrogen and oxygen atoms in total. The maximum Gasteiger partial charge on any atom is 0.257 e. The Kier molecular flexibility index (Phi) is 5.59. The smallest absolute Gasteiger partial charge is 0.257 e. The molecule has 0 saturated heterocycles. The van der Waals surface area contributed by atoms with E-state index in [1.807, 2.05) is 13.8 Å². The number of nitrogens with one attached hydrogen (secondary N) is 1. The Hall–Kier alpha value is -1.59. The molecule has 0 aliphatic heterocycles. The largest absolute Gasteiger partial charge is 0.484 e. The predicted octanol–water partition coefficient (Wildman–Crippen LogP) is 3.15. The summed E-state index contributed by atoms with van der Waals surface area (Å²) >= 11 is 7.45. The lowest BCUT2D eigenvalue weighted by Gasteiger charge is -2.07. The highest BCUT2D eigenvalue weighted by molar-refractivity contribution is 7.11. The third kappa shape index (κ3) is 5.02. The monoisotopic (exact) mass is 324 g/mol. The van der Waals surface area contributed by atoms with E-state index < -0.39 is 0 Å². The van der Waals surface area contributed by atoms with Gasteiger partial charge < -0.3 is 10.1 Å². The molecular weight excluding hydrogens is 308 g/mol. The first-order valence-electron chi connectivity index (χ1n) is 6.62. The van der Waals surface area contributed by atoms with Gasteiger partial charge in [-0.15, -0.1) is 11.3 Å². The van der Waals surface area contributed by atoms with Gasteiger partial charge in [-0.05, 0) is 38.1 Å². The Morgan fingerprint density at radius 1 is 1.33 bits per heavy atom. The molecule has 1 amide bonds. The number of hydrogen-bond acceptors (Lipinski definition) is 4. The highest BCUT2D eigenvalue weighted by Crippen LogP contribution is 2.17. The van der Waals surface area contributed by atoms with Crippen LogP contribution < -0.4 is 10.1 Å². The van der Waals surface area contributed by atoms with Crippen molar-refractivity contribution in [3.05, 3.63) is 44.9 Å². The van der Waals surface area contributed by atoms with Crippen molar-refractivity contribution in [2.45, 2.75) is 20.3 Å². The van der Waals surface area contributed by atoms with Crippen LogP contribution >= 0.6 is 22.9 Å². The fraction of sp³-hybridized carbons (Fsp3) is 0.333. The molecule has 112 valence electrons. The van der Waals surface area contributed by atoms with E-state index in [2.05, 4.69) is 10.3 Å². The molecule has 0 bridgehead atoms. The number of benzene rings is 1. The lowest BCUT2D eigenvalue weighted by molar-refractivity contribution is -0.123. The molecule has 2 rings (SSSR count). The van der Waals surface area contributed by atoms with Gasteiger partial charge in [0.25, 0.3) is 5.91 Å². The number of carbonyl (C=O) groups is 1. The second-order valence-corrected chi connectivity index (χ2v) is 6.31. The van der Waals surface area contributed by atoms with Gasteiger partial charge in [0.1, 0.15) is 5.75 Å². The number of carbonyl (C=O) groups excluding carboxylic acids is 1. The van der Waals surface area contributed by atoms with Crippen LogP contribution in [0.4, 0.5) is 0 Å². The summed E-state index contributed by atoms with van der Waals surface area (Å²) in [4.78, 5) is 17.3. The van der Waals surface area contributed by atoms with E-state index in [-0.39, 0.29) is 12.5 Å². The molecule has 0 spiro atoms. The zero-order chi connectivity index (χ0) is 15.2. The summed E-state index contributed by atoms with van der Waals surface area (Å²) in [5.74, 6) is 0.493. The zero-order valence-electron chi connectivity index (χ0n) is 12.0. The Balaban J connectivity index is 1.70. The van der Waals surface area contributed by atoms with Crippen molar-refractivity contribution >= 4 is 28.8 Å². The number of thiazole rings is 1. The van der Waals surface area contributed by atoms with Crippen molar-refractivity contribution in [1.82, 2.24) is 10.3 Å². The quantitative estimate of drug-likeness (QED) is 0.888. The van der Waals surface area contributed by atoms with Crippen molar-refractivity contribution in [2.24, 2.45) is 0 Å². The molecule has 0 saturated carbocycles. The van der Waals surface area contributed by atoms with Gasteiger partial charge in [0.15, 0.2) is 6.61 Å². The second kappa shape index (κ2) is 7.43. The fourth-order valence-electron chi connectivity index (χ4n) is 1.85. The van der Waals surface area contributed by atoms with Crippen molar-refractivity contribution in [3.8, 4) is 5.75 Å². The maximum absolute atomic E-state index is 11.7. The summed E-state index contributed by atoms with van der Waals surface area (Å²) in [5.41, 5.74) is 1.05. The van der Waals surface area contributed by atoms with Crippen LogP contribution in [0.1, 0.15) is 15.6 Å². The van der Waals surface area contributed by atoms with Crippen LogP contribution in [0.25, 0.3) is 0 Å². The van der Waals surface area contributed by atoms with Crippen LogP contribution in [0.5, 0.6) is 5.75 Å². The van der Waals surface area contributed by atoms with Gasteiger partial charge in [-0.3, -0.25) is 4.79 Å². The Morgan fingerprint density at radius 3 is 2.67 bits per heavy atom. The Labute approximate surface area is 133 Å². The summed E-state index contributed by atoms with van der Waals surface area (Å²) in [7, 11) is 0. The molecule has 0 atom stereocenters. The van der Waals surface area contributed by atoms with Crippen LogP contribution in [0.3, 0.4) is 0 Å². The molecule has 21 heavy (non-hydrogen) atoms. The molecule has 6 heteroatoms. The van der Waals surface area contributed by atoms with Gasteiger partial charge in [0.05, 0.1) is 10.7 Å². The second-order valence-electron chi connectivity index (χ2n) is 4.58. The van der Waals surface area contributed by atoms with Crippen LogP contribution in [0.2, 0.25) is 5.02 Å². The number of rotatable bonds is 6. The Bertz CT molecular complexity index is 611. The lowest BCUT2D eigenvalue weighted by Crippen LogP contribution is -2.30. The number of aryl methyl sites for hydroxylation is 2. The molecule has 0 unspecified atom stereocenters. The van der Waals surface area contributed by atoms with Gasteiger partial charge in [0.2, 0.25) is 0 Å². The first-order chi connectivity index (χ1) is 10.0. The normalized spacial score (nSPS) is 10.4. The Morgan fingerprint density at radius 2 is 2.05 bits per heavy atom. The minimum absolute atomic E-state index is 0.00231. The van der Waals surface area contributed by atoms with E-state index in [9.17, 15) is 4.79 Å². The molecule has 1 aromatic heterocycles. The molecule has 1 N–H and O–H groups in total. The topological polar surface area (TPSA) is 51.2 Å². The first-order valence-corrected chi connectivity index (χ1v) is 7.82. The highest BCUT2D eigenvalue weighted by atomic mass is 35.5. The molecule has 0 aliphatic rings. The first kappa shape index (κ1) is 15.8. The number of nitrogens with zero attached hydrogens (tertiary/aromatic N) is 1. The summed E-state index contributed by atoms with van der Waals surface area (Å²) in [6.07, 6.45) is 0.796. The van der Waals surface area contributed by atoms with E-state index >= 15 is 0 Å². The summed E-state index contributed by atoms with van der Waals surface area (Å²) < 4.78 is 5.37. The summed E-state index contributed by atoms with van der Waals surface area (Å²) in [5, 5.41) is 4.53. The third-order valence-corrected chi connectivity index (χ3v) is 4.24. The van der Waals surface area contributed by atoms with Gasteiger partial charge in [-0.25, -0.2) is 4.98 Å². The zero-order valence-corrected chi connectivity index (χ0v) is 13.6. The molecule has 0 radical (unpaired) electrons. The number of hydrogen-bond donors (Lipinski definition) is 1. The van der Waals surface area contributed by atoms with Crippen molar-refractivity contribution < 1.29 is 9.53 Å².